The van der Waals surface area contributed by atoms with Crippen molar-refractivity contribution in [1.82, 2.24) is 4.90 Å². The van der Waals surface area contributed by atoms with E-state index < -0.39 is 11.1 Å². The van der Waals surface area contributed by atoms with Crippen LogP contribution in [0.1, 0.15) is 47.5 Å². The number of piperidine rings is 1. The molecule has 1 heterocycles. The van der Waals surface area contributed by atoms with E-state index in [2.05, 4.69) is 6.92 Å². The molecule has 1 rings (SSSR count). The van der Waals surface area contributed by atoms with E-state index in [0.29, 0.717) is 24.9 Å². The summed E-state index contributed by atoms with van der Waals surface area (Å²) >= 11 is 0. The first-order valence-corrected chi connectivity index (χ1v) is 7.42. The lowest BCUT2D eigenvalue weighted by molar-refractivity contribution is 0.00883. The summed E-state index contributed by atoms with van der Waals surface area (Å²) in [7, 11) is 0. The molecule has 1 saturated heterocycles. The van der Waals surface area contributed by atoms with Gasteiger partial charge in [0.05, 0.1) is 6.61 Å². The molecule has 0 aromatic rings. The summed E-state index contributed by atoms with van der Waals surface area (Å²) < 4.78 is 5.41. The van der Waals surface area contributed by atoms with Gasteiger partial charge in [-0.3, -0.25) is 0 Å². The molecule has 3 N–H and O–H groups in total. The maximum Gasteiger partial charge on any atom is 0.410 e. The van der Waals surface area contributed by atoms with E-state index >= 15 is 0 Å². The topological polar surface area (TPSA) is 75.8 Å². The van der Waals surface area contributed by atoms with E-state index in [1.165, 1.54) is 0 Å². The number of aliphatic hydroxyl groups excluding tert-OH is 1. The second-order valence-electron chi connectivity index (χ2n) is 7.47. The molecule has 0 radical (unpaired) electrons. The van der Waals surface area contributed by atoms with Gasteiger partial charge in [-0.2, -0.15) is 0 Å². The Morgan fingerprint density at radius 3 is 2.45 bits per heavy atom. The number of aliphatic hydroxyl groups is 1. The van der Waals surface area contributed by atoms with E-state index in [-0.39, 0.29) is 12.7 Å². The van der Waals surface area contributed by atoms with Crippen molar-refractivity contribution in [3.8, 4) is 0 Å². The Morgan fingerprint density at radius 2 is 2.00 bits per heavy atom. The Hall–Kier alpha value is -0.810. The maximum absolute atomic E-state index is 12.0. The number of hydrogen-bond donors (Lipinski definition) is 2. The standard InChI is InChI=1S/C15H30N2O3/c1-11-9-17(13(19)20-14(2,3)4)7-6-12(11)8-15(5,16)10-18/h11-12,18H,6-10,16H2,1-5H3. The van der Waals surface area contributed by atoms with E-state index in [1.54, 1.807) is 4.90 Å². The van der Waals surface area contributed by atoms with Gasteiger partial charge in [0, 0.05) is 18.6 Å². The molecular weight excluding hydrogens is 256 g/mol. The van der Waals surface area contributed by atoms with Crippen molar-refractivity contribution in [2.45, 2.75) is 58.6 Å². The van der Waals surface area contributed by atoms with Crippen LogP contribution in [0, 0.1) is 11.8 Å². The molecule has 118 valence electrons. The highest BCUT2D eigenvalue weighted by Crippen LogP contribution is 2.30. The number of hydrogen-bond acceptors (Lipinski definition) is 4. The molecule has 0 bridgehead atoms. The van der Waals surface area contributed by atoms with Crippen LogP contribution >= 0.6 is 0 Å². The van der Waals surface area contributed by atoms with Crippen molar-refractivity contribution >= 4 is 6.09 Å². The van der Waals surface area contributed by atoms with Crippen LogP contribution < -0.4 is 5.73 Å². The minimum absolute atomic E-state index is 0.00794. The highest BCUT2D eigenvalue weighted by Gasteiger charge is 2.34. The molecule has 1 aliphatic rings. The Bertz CT molecular complexity index is 337. The lowest BCUT2D eigenvalue weighted by Crippen LogP contribution is -2.49. The van der Waals surface area contributed by atoms with Crippen molar-refractivity contribution in [3.63, 3.8) is 0 Å². The van der Waals surface area contributed by atoms with Gasteiger partial charge in [0.2, 0.25) is 0 Å². The molecule has 5 heteroatoms. The molecule has 20 heavy (non-hydrogen) atoms. The first-order chi connectivity index (χ1) is 9.04. The Morgan fingerprint density at radius 1 is 1.40 bits per heavy atom. The summed E-state index contributed by atoms with van der Waals surface area (Å²) in [6.45, 7) is 11.0. The number of nitrogens with two attached hydrogens (primary N) is 1. The molecule has 1 fully saturated rings. The lowest BCUT2D eigenvalue weighted by atomic mass is 9.78. The largest absolute Gasteiger partial charge is 0.444 e. The minimum Gasteiger partial charge on any atom is -0.444 e. The SMILES string of the molecule is CC1CN(C(=O)OC(C)(C)C)CCC1CC(C)(N)CO. The van der Waals surface area contributed by atoms with Crippen molar-refractivity contribution < 1.29 is 14.6 Å². The van der Waals surface area contributed by atoms with Crippen molar-refractivity contribution in [2.75, 3.05) is 19.7 Å². The van der Waals surface area contributed by atoms with Crippen LogP contribution in [0.25, 0.3) is 0 Å². The number of likely N-dealkylation sites (tertiary alicyclic amines) is 1. The van der Waals surface area contributed by atoms with Gasteiger partial charge in [-0.15, -0.1) is 0 Å². The number of ether oxygens (including phenoxy) is 1. The molecule has 0 aliphatic carbocycles. The molecule has 0 aromatic heterocycles. The average molecular weight is 286 g/mol. The van der Waals surface area contributed by atoms with Crippen LogP contribution in [-0.4, -0.2) is 46.9 Å². The second kappa shape index (κ2) is 6.31. The third kappa shape index (κ3) is 5.29. The molecule has 1 aliphatic heterocycles. The Balaban J connectivity index is 2.53. The molecule has 5 nitrogen and oxygen atoms in total. The van der Waals surface area contributed by atoms with Crippen LogP contribution in [0.15, 0.2) is 0 Å². The maximum atomic E-state index is 12.0. The molecule has 0 spiro atoms. The zero-order valence-corrected chi connectivity index (χ0v) is 13.5. The number of rotatable bonds is 3. The monoisotopic (exact) mass is 286 g/mol. The molecule has 0 saturated carbocycles. The minimum atomic E-state index is -0.535. The van der Waals surface area contributed by atoms with E-state index in [4.69, 9.17) is 10.5 Å². The molecule has 3 atom stereocenters. The van der Waals surface area contributed by atoms with Gasteiger partial charge in [-0.05, 0) is 52.4 Å². The van der Waals surface area contributed by atoms with Gasteiger partial charge in [0.15, 0.2) is 0 Å². The fourth-order valence-electron chi connectivity index (χ4n) is 2.65. The van der Waals surface area contributed by atoms with Crippen LogP contribution in [-0.2, 0) is 4.74 Å². The van der Waals surface area contributed by atoms with E-state index in [9.17, 15) is 9.90 Å². The smallest absolute Gasteiger partial charge is 0.410 e. The van der Waals surface area contributed by atoms with Gasteiger partial charge in [-0.1, -0.05) is 6.92 Å². The van der Waals surface area contributed by atoms with E-state index in [1.807, 2.05) is 27.7 Å². The second-order valence-corrected chi connectivity index (χ2v) is 7.47. The normalized spacial score (nSPS) is 27.1. The third-order valence-electron chi connectivity index (χ3n) is 3.82. The van der Waals surface area contributed by atoms with Gasteiger partial charge in [0.1, 0.15) is 5.60 Å². The summed E-state index contributed by atoms with van der Waals surface area (Å²) in [5.41, 5.74) is 5.04. The van der Waals surface area contributed by atoms with Gasteiger partial charge in [0.25, 0.3) is 0 Å². The molecular formula is C15H30N2O3. The Kier molecular flexibility index (Phi) is 5.44. The average Bonchev–Trinajstić information content (AvgIpc) is 2.29. The van der Waals surface area contributed by atoms with Crippen LogP contribution in [0.5, 0.6) is 0 Å². The van der Waals surface area contributed by atoms with Crippen molar-refractivity contribution in [3.05, 3.63) is 0 Å². The summed E-state index contributed by atoms with van der Waals surface area (Å²) in [6, 6.07) is 0. The zero-order chi connectivity index (χ0) is 15.6. The summed E-state index contributed by atoms with van der Waals surface area (Å²) in [5.74, 6) is 0.807. The fourth-order valence-corrected chi connectivity index (χ4v) is 2.65. The lowest BCUT2D eigenvalue weighted by Gasteiger charge is -2.40. The predicted octanol–water partition coefficient (Wildman–Crippen LogP) is 1.98. The first-order valence-electron chi connectivity index (χ1n) is 7.42. The quantitative estimate of drug-likeness (QED) is 0.832. The number of carbonyl (C=O) groups is 1. The highest BCUT2D eigenvalue weighted by atomic mass is 16.6. The number of carbonyl (C=O) groups excluding carboxylic acids is 1. The first kappa shape index (κ1) is 17.2. The molecule has 3 unspecified atom stereocenters. The van der Waals surface area contributed by atoms with Crippen LogP contribution in [0.4, 0.5) is 4.79 Å². The number of amides is 1. The highest BCUT2D eigenvalue weighted by molar-refractivity contribution is 5.68. The summed E-state index contributed by atoms with van der Waals surface area (Å²) in [4.78, 5) is 13.8. The van der Waals surface area contributed by atoms with Crippen molar-refractivity contribution in [2.24, 2.45) is 17.6 Å². The van der Waals surface area contributed by atoms with E-state index in [0.717, 1.165) is 12.8 Å². The third-order valence-corrected chi connectivity index (χ3v) is 3.82. The number of nitrogens with zero attached hydrogens (tertiary/aromatic N) is 1. The van der Waals surface area contributed by atoms with Gasteiger partial charge < -0.3 is 20.5 Å². The Labute approximate surface area is 122 Å². The van der Waals surface area contributed by atoms with Gasteiger partial charge >= 0.3 is 6.09 Å². The van der Waals surface area contributed by atoms with Crippen LogP contribution in [0.2, 0.25) is 0 Å². The summed E-state index contributed by atoms with van der Waals surface area (Å²) in [6.07, 6.45) is 1.46. The predicted molar refractivity (Wildman–Crippen MR) is 79.4 cm³/mol. The van der Waals surface area contributed by atoms with Crippen molar-refractivity contribution in [1.29, 1.82) is 0 Å². The van der Waals surface area contributed by atoms with Crippen LogP contribution in [0.3, 0.4) is 0 Å². The summed E-state index contributed by atoms with van der Waals surface area (Å²) in [5, 5.41) is 9.27. The molecule has 0 aromatic carbocycles. The fraction of sp³-hybridized carbons (Fsp3) is 0.933. The van der Waals surface area contributed by atoms with Gasteiger partial charge in [-0.25, -0.2) is 4.79 Å². The zero-order valence-electron chi connectivity index (χ0n) is 13.5. The molecule has 1 amide bonds.